The third-order valence-electron chi connectivity index (χ3n) is 4.02. The lowest BCUT2D eigenvalue weighted by Gasteiger charge is -2.07. The van der Waals surface area contributed by atoms with Gasteiger partial charge in [-0.3, -0.25) is 4.79 Å². The van der Waals surface area contributed by atoms with Gasteiger partial charge in [-0.1, -0.05) is 49.4 Å². The number of aliphatic hydroxyl groups is 1. The number of hydrogen-bond acceptors (Lipinski definition) is 2. The number of Topliss-reactive ketones (excluding diaryl/α,β-unsaturated/α-hetero) is 1. The first-order valence-corrected chi connectivity index (χ1v) is 7.58. The highest BCUT2D eigenvalue weighted by Crippen LogP contribution is 2.33. The Balaban J connectivity index is 2.20. The number of para-hydroxylation sites is 1. The van der Waals surface area contributed by atoms with E-state index >= 15 is 0 Å². The van der Waals surface area contributed by atoms with Crippen molar-refractivity contribution in [3.63, 3.8) is 0 Å². The number of H-pyrrole nitrogens is 1. The molecule has 0 radical (unpaired) electrons. The first-order valence-electron chi connectivity index (χ1n) is 7.58. The maximum atomic E-state index is 12.2. The van der Waals surface area contributed by atoms with Crippen LogP contribution in [0.4, 0.5) is 0 Å². The van der Waals surface area contributed by atoms with Gasteiger partial charge in [0.1, 0.15) is 0 Å². The van der Waals surface area contributed by atoms with E-state index in [9.17, 15) is 9.90 Å². The van der Waals surface area contributed by atoms with Crippen LogP contribution in [-0.2, 0) is 6.42 Å². The van der Waals surface area contributed by atoms with E-state index < -0.39 is 0 Å². The van der Waals surface area contributed by atoms with Crippen LogP contribution in [0, 0.1) is 0 Å². The van der Waals surface area contributed by atoms with E-state index in [1.807, 2.05) is 49.5 Å². The van der Waals surface area contributed by atoms with E-state index in [2.05, 4.69) is 11.1 Å². The summed E-state index contributed by atoms with van der Waals surface area (Å²) in [4.78, 5) is 15.5. The number of carbonyl (C=O) groups is 1. The van der Waals surface area contributed by atoms with Crippen molar-refractivity contribution in [2.75, 3.05) is 6.61 Å². The predicted molar refractivity (Wildman–Crippen MR) is 89.1 cm³/mol. The van der Waals surface area contributed by atoms with Crippen LogP contribution in [0.2, 0.25) is 0 Å². The van der Waals surface area contributed by atoms with E-state index in [-0.39, 0.29) is 12.4 Å². The van der Waals surface area contributed by atoms with Crippen LogP contribution < -0.4 is 0 Å². The smallest absolute Gasteiger partial charge is 0.163 e. The first-order chi connectivity index (χ1) is 10.8. The topological polar surface area (TPSA) is 53.1 Å². The molecule has 3 rings (SSSR count). The van der Waals surface area contributed by atoms with Gasteiger partial charge in [0.2, 0.25) is 0 Å². The summed E-state index contributed by atoms with van der Waals surface area (Å²) in [6.45, 7) is 2.01. The lowest BCUT2D eigenvalue weighted by Crippen LogP contribution is -1.99. The molecule has 1 heterocycles. The van der Waals surface area contributed by atoms with Gasteiger partial charge in [-0.2, -0.15) is 0 Å². The summed E-state index contributed by atoms with van der Waals surface area (Å²) in [5.41, 5.74) is 4.88. The predicted octanol–water partition coefficient (Wildman–Crippen LogP) is 3.96. The zero-order valence-electron chi connectivity index (χ0n) is 12.6. The standard InChI is InChI=1S/C19H19NO2/c1-2-18(22)15-8-4-3-7-14(15)17-12-20-19-13(10-11-21)6-5-9-16(17)19/h3-9,12,20-21H,2,10-11H2,1H3. The number of benzene rings is 2. The van der Waals surface area contributed by atoms with Crippen LogP contribution in [0.5, 0.6) is 0 Å². The van der Waals surface area contributed by atoms with Gasteiger partial charge < -0.3 is 10.1 Å². The van der Waals surface area contributed by atoms with Crippen LogP contribution in [0.3, 0.4) is 0 Å². The molecule has 0 spiro atoms. The maximum absolute atomic E-state index is 12.2. The molecule has 0 aliphatic carbocycles. The molecule has 22 heavy (non-hydrogen) atoms. The van der Waals surface area contributed by atoms with E-state index in [0.29, 0.717) is 12.8 Å². The SMILES string of the molecule is CCC(=O)c1ccccc1-c1c[nH]c2c(CCO)cccc12. The normalized spacial score (nSPS) is 11.0. The molecule has 0 saturated heterocycles. The molecule has 0 amide bonds. The Morgan fingerprint density at radius 3 is 2.68 bits per heavy atom. The Hall–Kier alpha value is -2.39. The molecule has 0 aliphatic rings. The number of aromatic amines is 1. The largest absolute Gasteiger partial charge is 0.396 e. The van der Waals surface area contributed by atoms with Crippen LogP contribution in [0.15, 0.2) is 48.7 Å². The monoisotopic (exact) mass is 293 g/mol. The number of ketones is 1. The van der Waals surface area contributed by atoms with E-state index in [1.165, 1.54) is 0 Å². The summed E-state index contributed by atoms with van der Waals surface area (Å²) < 4.78 is 0. The lowest BCUT2D eigenvalue weighted by molar-refractivity contribution is 0.0989. The quantitative estimate of drug-likeness (QED) is 0.699. The lowest BCUT2D eigenvalue weighted by atomic mass is 9.95. The fraction of sp³-hybridized carbons (Fsp3) is 0.211. The Kier molecular flexibility index (Phi) is 4.07. The molecule has 2 aromatic carbocycles. The van der Waals surface area contributed by atoms with Crippen LogP contribution in [0.1, 0.15) is 29.3 Å². The molecule has 0 saturated carbocycles. The summed E-state index contributed by atoms with van der Waals surface area (Å²) in [6, 6.07) is 13.8. The average molecular weight is 293 g/mol. The molecule has 0 atom stereocenters. The highest BCUT2D eigenvalue weighted by atomic mass is 16.2. The molecular formula is C19H19NO2. The van der Waals surface area contributed by atoms with E-state index in [1.54, 1.807) is 0 Å². The molecule has 0 unspecified atom stereocenters. The molecule has 0 bridgehead atoms. The minimum Gasteiger partial charge on any atom is -0.396 e. The van der Waals surface area contributed by atoms with Crippen molar-refractivity contribution >= 4 is 16.7 Å². The van der Waals surface area contributed by atoms with Crippen molar-refractivity contribution in [2.45, 2.75) is 19.8 Å². The van der Waals surface area contributed by atoms with Crippen LogP contribution >= 0.6 is 0 Å². The van der Waals surface area contributed by atoms with Gasteiger partial charge in [0.05, 0.1) is 0 Å². The van der Waals surface area contributed by atoms with Gasteiger partial charge in [-0.25, -0.2) is 0 Å². The van der Waals surface area contributed by atoms with Crippen molar-refractivity contribution in [3.8, 4) is 11.1 Å². The third-order valence-corrected chi connectivity index (χ3v) is 4.02. The second-order valence-electron chi connectivity index (χ2n) is 5.34. The van der Waals surface area contributed by atoms with Gasteiger partial charge in [0.15, 0.2) is 5.78 Å². The minimum absolute atomic E-state index is 0.123. The molecular weight excluding hydrogens is 274 g/mol. The molecule has 112 valence electrons. The average Bonchev–Trinajstić information content (AvgIpc) is 2.99. The van der Waals surface area contributed by atoms with Gasteiger partial charge in [-0.05, 0) is 17.5 Å². The highest BCUT2D eigenvalue weighted by Gasteiger charge is 2.14. The molecule has 3 aromatic rings. The Morgan fingerprint density at radius 1 is 1.09 bits per heavy atom. The fourth-order valence-corrected chi connectivity index (χ4v) is 2.92. The van der Waals surface area contributed by atoms with Crippen LogP contribution in [-0.4, -0.2) is 22.5 Å². The zero-order valence-corrected chi connectivity index (χ0v) is 12.6. The van der Waals surface area contributed by atoms with Gasteiger partial charge >= 0.3 is 0 Å². The summed E-state index contributed by atoms with van der Waals surface area (Å²) in [5, 5.41) is 10.3. The number of aromatic nitrogens is 1. The molecule has 0 aliphatic heterocycles. The fourth-order valence-electron chi connectivity index (χ4n) is 2.92. The second kappa shape index (κ2) is 6.16. The van der Waals surface area contributed by atoms with Crippen molar-refractivity contribution in [1.82, 2.24) is 4.98 Å². The van der Waals surface area contributed by atoms with Gasteiger partial charge in [0.25, 0.3) is 0 Å². The van der Waals surface area contributed by atoms with Gasteiger partial charge in [-0.15, -0.1) is 0 Å². The van der Waals surface area contributed by atoms with Crippen molar-refractivity contribution in [3.05, 3.63) is 59.8 Å². The minimum atomic E-state index is 0.123. The molecule has 3 heteroatoms. The Bertz CT molecular complexity index is 817. The summed E-state index contributed by atoms with van der Waals surface area (Å²) >= 11 is 0. The third kappa shape index (κ3) is 2.44. The molecule has 1 aromatic heterocycles. The maximum Gasteiger partial charge on any atom is 0.163 e. The number of carbonyl (C=O) groups excluding carboxylic acids is 1. The van der Waals surface area contributed by atoms with Crippen molar-refractivity contribution in [1.29, 1.82) is 0 Å². The Morgan fingerprint density at radius 2 is 1.91 bits per heavy atom. The van der Waals surface area contributed by atoms with Crippen molar-refractivity contribution in [2.24, 2.45) is 0 Å². The number of aliphatic hydroxyl groups excluding tert-OH is 1. The van der Waals surface area contributed by atoms with E-state index in [0.717, 1.165) is 33.2 Å². The highest BCUT2D eigenvalue weighted by molar-refractivity contribution is 6.06. The number of nitrogens with one attached hydrogen (secondary N) is 1. The summed E-state index contributed by atoms with van der Waals surface area (Å²) in [5.74, 6) is 0.150. The number of hydrogen-bond donors (Lipinski definition) is 2. The van der Waals surface area contributed by atoms with Gasteiger partial charge in [0, 0.05) is 41.3 Å². The summed E-state index contributed by atoms with van der Waals surface area (Å²) in [7, 11) is 0. The first kappa shape index (κ1) is 14.5. The zero-order chi connectivity index (χ0) is 15.5. The summed E-state index contributed by atoms with van der Waals surface area (Å²) in [6.07, 6.45) is 3.06. The second-order valence-corrected chi connectivity index (χ2v) is 5.34. The van der Waals surface area contributed by atoms with Crippen LogP contribution in [0.25, 0.3) is 22.0 Å². The molecule has 0 fully saturated rings. The number of rotatable bonds is 5. The molecule has 2 N–H and O–H groups in total. The van der Waals surface area contributed by atoms with E-state index in [4.69, 9.17) is 0 Å². The number of fused-ring (bicyclic) bond motifs is 1. The van der Waals surface area contributed by atoms with Crippen molar-refractivity contribution < 1.29 is 9.90 Å². The Labute approximate surface area is 129 Å². The molecule has 3 nitrogen and oxygen atoms in total.